The van der Waals surface area contributed by atoms with E-state index in [2.05, 4.69) is 9.97 Å². The molecule has 1 aliphatic heterocycles. The van der Waals surface area contributed by atoms with Crippen molar-refractivity contribution in [1.29, 1.82) is 0 Å². The fraction of sp³-hybridized carbons (Fsp3) is 0.312. The number of amides is 1. The van der Waals surface area contributed by atoms with Gasteiger partial charge in [-0.2, -0.15) is 0 Å². The molecule has 1 aromatic carbocycles. The van der Waals surface area contributed by atoms with E-state index in [1.165, 1.54) is 6.07 Å². The highest BCUT2D eigenvalue weighted by atomic mass is 16.5. The zero-order valence-electron chi connectivity index (χ0n) is 13.1. The van der Waals surface area contributed by atoms with Gasteiger partial charge in [0.2, 0.25) is 5.95 Å². The Kier molecular flexibility index (Phi) is 4.88. The number of nitrogens with two attached hydrogens (primary N) is 2. The van der Waals surface area contributed by atoms with Crippen molar-refractivity contribution in [2.45, 2.75) is 18.9 Å². The number of ether oxygens (including phenoxy) is 2. The fourth-order valence-electron chi connectivity index (χ4n) is 2.49. The molecule has 0 spiro atoms. The van der Waals surface area contributed by atoms with E-state index in [4.69, 9.17) is 21.1 Å². The van der Waals surface area contributed by atoms with Crippen LogP contribution in [0.15, 0.2) is 30.3 Å². The number of nitrogens with zero attached hydrogens (tertiary/aromatic N) is 2. The predicted molar refractivity (Wildman–Crippen MR) is 88.0 cm³/mol. The minimum atomic E-state index is -0.526. The van der Waals surface area contributed by atoms with Gasteiger partial charge in [0.05, 0.1) is 11.8 Å². The van der Waals surface area contributed by atoms with Crippen LogP contribution in [0.2, 0.25) is 0 Å². The molecule has 0 radical (unpaired) electrons. The van der Waals surface area contributed by atoms with Gasteiger partial charge in [-0.05, 0) is 43.2 Å². The smallest absolute Gasteiger partial charge is 0.283 e. The van der Waals surface area contributed by atoms with Crippen LogP contribution >= 0.6 is 0 Å². The zero-order chi connectivity index (χ0) is 16.9. The quantitative estimate of drug-likeness (QED) is 0.422. The first-order valence-electron chi connectivity index (χ1n) is 7.66. The van der Waals surface area contributed by atoms with Gasteiger partial charge in [-0.25, -0.2) is 15.8 Å². The van der Waals surface area contributed by atoms with E-state index in [0.717, 1.165) is 30.8 Å². The third-order valence-corrected chi connectivity index (χ3v) is 3.72. The molecule has 1 saturated heterocycles. The molecule has 1 amide bonds. The highest BCUT2D eigenvalue weighted by Gasteiger charge is 2.16. The Morgan fingerprint density at radius 2 is 2.12 bits per heavy atom. The maximum Gasteiger partial charge on any atom is 0.283 e. The maximum absolute atomic E-state index is 11.6. The summed E-state index contributed by atoms with van der Waals surface area (Å²) in [5.41, 5.74) is 9.11. The van der Waals surface area contributed by atoms with E-state index in [9.17, 15) is 4.79 Å². The lowest BCUT2D eigenvalue weighted by molar-refractivity contribution is 0.0679. The normalized spacial score (nSPS) is 16.8. The molecule has 0 aliphatic carbocycles. The van der Waals surface area contributed by atoms with Gasteiger partial charge in [0.25, 0.3) is 5.91 Å². The number of nitrogens with one attached hydrogen (secondary N) is 1. The van der Waals surface area contributed by atoms with E-state index >= 15 is 0 Å². The summed E-state index contributed by atoms with van der Waals surface area (Å²) < 4.78 is 11.2. The van der Waals surface area contributed by atoms with Crippen LogP contribution in [0.1, 0.15) is 23.3 Å². The Morgan fingerprint density at radius 3 is 2.79 bits per heavy atom. The summed E-state index contributed by atoms with van der Waals surface area (Å²) in [6.45, 7) is 1.35. The van der Waals surface area contributed by atoms with Crippen LogP contribution in [0, 0.1) is 0 Å². The topological polar surface area (TPSA) is 125 Å². The van der Waals surface area contributed by atoms with Crippen molar-refractivity contribution < 1.29 is 14.3 Å². The van der Waals surface area contributed by atoms with Gasteiger partial charge >= 0.3 is 0 Å². The molecular formula is C16H19N5O3. The minimum absolute atomic E-state index is 0.00445. The Labute approximate surface area is 139 Å². The number of hydrazine groups is 1. The second-order valence-corrected chi connectivity index (χ2v) is 5.44. The molecule has 2 aromatic rings. The van der Waals surface area contributed by atoms with Crippen molar-refractivity contribution >= 4 is 11.9 Å². The van der Waals surface area contributed by atoms with E-state index in [1.54, 1.807) is 0 Å². The summed E-state index contributed by atoms with van der Waals surface area (Å²) in [4.78, 5) is 19.6. The Bertz CT molecular complexity index is 714. The Hall–Kier alpha value is -2.71. The first-order valence-corrected chi connectivity index (χ1v) is 7.66. The fourth-order valence-corrected chi connectivity index (χ4v) is 2.49. The van der Waals surface area contributed by atoms with Crippen LogP contribution in [0.3, 0.4) is 0 Å². The minimum Gasteiger partial charge on any atom is -0.491 e. The van der Waals surface area contributed by atoms with Crippen LogP contribution in [0.5, 0.6) is 5.75 Å². The summed E-state index contributed by atoms with van der Waals surface area (Å²) in [5.74, 6) is 5.35. The highest BCUT2D eigenvalue weighted by molar-refractivity contribution is 5.93. The van der Waals surface area contributed by atoms with Gasteiger partial charge in [-0.3, -0.25) is 10.2 Å². The number of hydrogen-bond donors (Lipinski definition) is 3. The zero-order valence-corrected chi connectivity index (χ0v) is 13.1. The lowest BCUT2D eigenvalue weighted by atomic mass is 10.1. The van der Waals surface area contributed by atoms with Gasteiger partial charge in [0.15, 0.2) is 0 Å². The molecule has 24 heavy (non-hydrogen) atoms. The second kappa shape index (κ2) is 7.24. The van der Waals surface area contributed by atoms with E-state index < -0.39 is 5.91 Å². The number of carbonyl (C=O) groups excluding carboxylic acids is 1. The van der Waals surface area contributed by atoms with Crippen LogP contribution in [0.25, 0.3) is 11.3 Å². The first kappa shape index (κ1) is 16.2. The van der Waals surface area contributed by atoms with Crippen LogP contribution in [-0.4, -0.2) is 35.2 Å². The lowest BCUT2D eigenvalue weighted by Crippen LogP contribution is -2.31. The molecule has 0 bridgehead atoms. The number of aromatic nitrogens is 2. The molecule has 126 valence electrons. The Balaban J connectivity index is 1.72. The summed E-state index contributed by atoms with van der Waals surface area (Å²) >= 11 is 0. The molecule has 2 heterocycles. The van der Waals surface area contributed by atoms with Gasteiger partial charge in [-0.1, -0.05) is 0 Å². The summed E-state index contributed by atoms with van der Waals surface area (Å²) in [6, 6.07) is 8.89. The van der Waals surface area contributed by atoms with Crippen molar-refractivity contribution in [3.05, 3.63) is 36.0 Å². The predicted octanol–water partition coefficient (Wildman–Crippen LogP) is 0.887. The number of nitrogen functional groups attached to an aromatic ring is 2. The number of anilines is 1. The van der Waals surface area contributed by atoms with Crippen molar-refractivity contribution in [3.63, 3.8) is 0 Å². The monoisotopic (exact) mass is 329 g/mol. The van der Waals surface area contributed by atoms with Crippen LogP contribution < -0.4 is 21.7 Å². The molecule has 1 aromatic heterocycles. The highest BCUT2D eigenvalue weighted by Crippen LogP contribution is 2.23. The van der Waals surface area contributed by atoms with Crippen molar-refractivity contribution in [3.8, 4) is 17.0 Å². The standard InChI is InChI=1S/C16H19N5O3/c17-16-19-13(8-14(20-16)15(22)21-18)10-3-5-11(6-4-10)24-9-12-2-1-7-23-12/h3-6,8,12H,1-2,7,9,18H2,(H,21,22)(H2,17,19,20). The molecule has 5 N–H and O–H groups in total. The summed E-state index contributed by atoms with van der Waals surface area (Å²) in [5, 5.41) is 0. The molecule has 0 saturated carbocycles. The molecule has 1 aliphatic rings. The van der Waals surface area contributed by atoms with Crippen molar-refractivity contribution in [2.75, 3.05) is 18.9 Å². The average molecular weight is 329 g/mol. The summed E-state index contributed by atoms with van der Waals surface area (Å²) in [7, 11) is 0. The molecule has 3 rings (SSSR count). The van der Waals surface area contributed by atoms with Crippen LogP contribution in [0.4, 0.5) is 5.95 Å². The molecule has 1 fully saturated rings. The number of hydrogen-bond acceptors (Lipinski definition) is 7. The van der Waals surface area contributed by atoms with Gasteiger partial charge in [0.1, 0.15) is 18.1 Å². The van der Waals surface area contributed by atoms with Gasteiger partial charge in [-0.15, -0.1) is 0 Å². The molecule has 1 atom stereocenters. The maximum atomic E-state index is 11.6. The second-order valence-electron chi connectivity index (χ2n) is 5.44. The number of rotatable bonds is 5. The molecule has 8 nitrogen and oxygen atoms in total. The van der Waals surface area contributed by atoms with Gasteiger partial charge < -0.3 is 15.2 Å². The molecule has 8 heteroatoms. The first-order chi connectivity index (χ1) is 11.7. The Morgan fingerprint density at radius 1 is 1.33 bits per heavy atom. The van der Waals surface area contributed by atoms with Crippen molar-refractivity contribution in [1.82, 2.24) is 15.4 Å². The third-order valence-electron chi connectivity index (χ3n) is 3.72. The largest absolute Gasteiger partial charge is 0.491 e. The van der Waals surface area contributed by atoms with E-state index in [1.807, 2.05) is 29.7 Å². The number of carbonyl (C=O) groups is 1. The van der Waals surface area contributed by atoms with Crippen molar-refractivity contribution in [2.24, 2.45) is 5.84 Å². The average Bonchev–Trinajstić information content (AvgIpc) is 3.12. The van der Waals surface area contributed by atoms with Crippen LogP contribution in [-0.2, 0) is 4.74 Å². The van der Waals surface area contributed by atoms with E-state index in [0.29, 0.717) is 12.3 Å². The summed E-state index contributed by atoms with van der Waals surface area (Å²) in [6.07, 6.45) is 2.29. The SMILES string of the molecule is NNC(=O)c1cc(-c2ccc(OCC3CCCO3)cc2)nc(N)n1. The van der Waals surface area contributed by atoms with Gasteiger partial charge in [0, 0.05) is 12.2 Å². The van der Waals surface area contributed by atoms with E-state index in [-0.39, 0.29) is 17.7 Å². The third kappa shape index (κ3) is 3.79. The molecular weight excluding hydrogens is 310 g/mol. The molecule has 1 unspecified atom stereocenters. The lowest BCUT2D eigenvalue weighted by Gasteiger charge is -2.12. The number of benzene rings is 1.